The van der Waals surface area contributed by atoms with E-state index < -0.39 is 0 Å². The third kappa shape index (κ3) is 2.83. The lowest BCUT2D eigenvalue weighted by Gasteiger charge is -2.24. The summed E-state index contributed by atoms with van der Waals surface area (Å²) in [4.78, 5) is 12.1. The van der Waals surface area contributed by atoms with Gasteiger partial charge in [0.25, 0.3) is 0 Å². The zero-order valence-electron chi connectivity index (χ0n) is 12.1. The maximum Gasteiger partial charge on any atom is 0.240 e. The molecule has 1 aromatic heterocycles. The molecule has 1 N–H and O–H groups in total. The Labute approximate surface area is 119 Å². The topological polar surface area (TPSA) is 57.8 Å². The van der Waals surface area contributed by atoms with Gasteiger partial charge in [0.15, 0.2) is 0 Å². The molecule has 0 aliphatic heterocycles. The highest BCUT2D eigenvalue weighted by molar-refractivity contribution is 5.87. The molecule has 0 aliphatic rings. The van der Waals surface area contributed by atoms with Gasteiger partial charge >= 0.3 is 0 Å². The first-order chi connectivity index (χ1) is 9.46. The molecule has 0 bridgehead atoms. The van der Waals surface area contributed by atoms with Gasteiger partial charge in [0.1, 0.15) is 6.54 Å². The molecule has 2 rings (SSSR count). The minimum absolute atomic E-state index is 0.0169. The number of hydrogen-bond acceptors (Lipinski definition) is 2. The molecule has 4 nitrogen and oxygen atoms in total. The van der Waals surface area contributed by atoms with Gasteiger partial charge in [0.05, 0.1) is 11.6 Å². The van der Waals surface area contributed by atoms with E-state index in [1.165, 1.54) is 0 Å². The van der Waals surface area contributed by atoms with Crippen molar-refractivity contribution in [2.24, 2.45) is 0 Å². The van der Waals surface area contributed by atoms with Crippen LogP contribution in [-0.4, -0.2) is 16.0 Å². The summed E-state index contributed by atoms with van der Waals surface area (Å²) in [7, 11) is 0. The first-order valence-corrected chi connectivity index (χ1v) is 6.76. The molecule has 0 fully saturated rings. The van der Waals surface area contributed by atoms with Crippen molar-refractivity contribution in [3.8, 4) is 6.07 Å². The van der Waals surface area contributed by atoms with Gasteiger partial charge in [0, 0.05) is 22.6 Å². The zero-order chi connectivity index (χ0) is 14.8. The predicted molar refractivity (Wildman–Crippen MR) is 79.2 cm³/mol. The fourth-order valence-electron chi connectivity index (χ4n) is 2.12. The van der Waals surface area contributed by atoms with E-state index in [0.29, 0.717) is 5.56 Å². The van der Waals surface area contributed by atoms with E-state index in [2.05, 4.69) is 11.4 Å². The second kappa shape index (κ2) is 5.38. The number of carbonyl (C=O) groups is 1. The summed E-state index contributed by atoms with van der Waals surface area (Å²) >= 11 is 0. The lowest BCUT2D eigenvalue weighted by Crippen LogP contribution is -2.44. The largest absolute Gasteiger partial charge is 0.350 e. The van der Waals surface area contributed by atoms with E-state index in [0.717, 1.165) is 17.3 Å². The van der Waals surface area contributed by atoms with E-state index in [4.69, 9.17) is 5.26 Å². The second-order valence-corrected chi connectivity index (χ2v) is 5.58. The number of benzene rings is 1. The molecule has 0 saturated heterocycles. The summed E-state index contributed by atoms with van der Waals surface area (Å²) in [5.74, 6) is -0.0169. The summed E-state index contributed by atoms with van der Waals surface area (Å²) in [5.41, 5.74) is 1.35. The molecule has 0 radical (unpaired) electrons. The van der Waals surface area contributed by atoms with Crippen LogP contribution >= 0.6 is 0 Å². The molecule has 20 heavy (non-hydrogen) atoms. The Morgan fingerprint density at radius 2 is 2.15 bits per heavy atom. The number of rotatable bonds is 4. The number of fused-ring (bicyclic) bond motifs is 1. The third-order valence-electron chi connectivity index (χ3n) is 3.61. The summed E-state index contributed by atoms with van der Waals surface area (Å²) < 4.78 is 1.87. The van der Waals surface area contributed by atoms with Crippen LogP contribution in [-0.2, 0) is 11.3 Å². The number of nitrogens with zero attached hydrogens (tertiary/aromatic N) is 2. The van der Waals surface area contributed by atoms with Crippen molar-refractivity contribution in [1.29, 1.82) is 5.26 Å². The van der Waals surface area contributed by atoms with Gasteiger partial charge in [-0.3, -0.25) is 4.79 Å². The quantitative estimate of drug-likeness (QED) is 0.927. The lowest BCUT2D eigenvalue weighted by atomic mass is 10.0. The number of aromatic nitrogens is 1. The van der Waals surface area contributed by atoms with Gasteiger partial charge in [-0.1, -0.05) is 13.0 Å². The number of amides is 1. The van der Waals surface area contributed by atoms with Crippen LogP contribution in [0.4, 0.5) is 0 Å². The fraction of sp³-hybridized carbons (Fsp3) is 0.375. The Morgan fingerprint density at radius 3 is 2.80 bits per heavy atom. The van der Waals surface area contributed by atoms with Crippen LogP contribution in [0.25, 0.3) is 10.9 Å². The number of hydrogen-bond donors (Lipinski definition) is 1. The molecule has 0 spiro atoms. The zero-order valence-corrected chi connectivity index (χ0v) is 12.1. The van der Waals surface area contributed by atoms with Crippen molar-refractivity contribution in [1.82, 2.24) is 9.88 Å². The van der Waals surface area contributed by atoms with Crippen molar-refractivity contribution in [3.63, 3.8) is 0 Å². The predicted octanol–water partition coefficient (Wildman–Crippen LogP) is 2.82. The van der Waals surface area contributed by atoms with Crippen molar-refractivity contribution in [2.45, 2.75) is 39.3 Å². The highest BCUT2D eigenvalue weighted by atomic mass is 16.2. The van der Waals surface area contributed by atoms with Crippen LogP contribution in [0.15, 0.2) is 30.5 Å². The molecular weight excluding hydrogens is 250 g/mol. The molecule has 0 unspecified atom stereocenters. The van der Waals surface area contributed by atoms with Crippen molar-refractivity contribution in [3.05, 3.63) is 36.0 Å². The van der Waals surface area contributed by atoms with Crippen molar-refractivity contribution >= 4 is 16.8 Å². The minimum Gasteiger partial charge on any atom is -0.350 e. The second-order valence-electron chi connectivity index (χ2n) is 5.58. The van der Waals surface area contributed by atoms with E-state index >= 15 is 0 Å². The Kier molecular flexibility index (Phi) is 3.80. The Hall–Kier alpha value is -2.28. The normalized spacial score (nSPS) is 11.3. The lowest BCUT2D eigenvalue weighted by molar-refractivity contribution is -0.123. The monoisotopic (exact) mass is 269 g/mol. The average molecular weight is 269 g/mol. The summed E-state index contributed by atoms with van der Waals surface area (Å²) in [5, 5.41) is 13.0. The molecule has 2 aromatic rings. The van der Waals surface area contributed by atoms with Gasteiger partial charge < -0.3 is 9.88 Å². The molecule has 1 aromatic carbocycles. The van der Waals surface area contributed by atoms with Gasteiger partial charge in [-0.05, 0) is 38.5 Å². The fourth-order valence-corrected chi connectivity index (χ4v) is 2.12. The van der Waals surface area contributed by atoms with Crippen LogP contribution in [0.3, 0.4) is 0 Å². The summed E-state index contributed by atoms with van der Waals surface area (Å²) in [6.45, 7) is 6.32. The number of nitriles is 1. The highest BCUT2D eigenvalue weighted by Gasteiger charge is 2.18. The van der Waals surface area contributed by atoms with E-state index in [1.54, 1.807) is 6.07 Å². The van der Waals surface area contributed by atoms with Crippen LogP contribution < -0.4 is 5.32 Å². The van der Waals surface area contributed by atoms with Crippen LogP contribution in [0.5, 0.6) is 0 Å². The standard InChI is InChI=1S/C16H19N3O/c1-4-16(2,3)18-15(20)11-19-9-8-13-12(10-17)6-5-7-14(13)19/h5-9H,4,11H2,1-3H3,(H,18,20). The SMILES string of the molecule is CCC(C)(C)NC(=O)Cn1ccc2c(C#N)cccc21. The first kappa shape index (κ1) is 14.1. The summed E-state index contributed by atoms with van der Waals surface area (Å²) in [6, 6.07) is 9.60. The first-order valence-electron chi connectivity index (χ1n) is 6.76. The van der Waals surface area contributed by atoms with Gasteiger partial charge in [-0.25, -0.2) is 0 Å². The molecule has 4 heteroatoms. The Bertz CT molecular complexity index is 677. The van der Waals surface area contributed by atoms with Gasteiger partial charge in [0.2, 0.25) is 5.91 Å². The van der Waals surface area contributed by atoms with Gasteiger partial charge in [-0.2, -0.15) is 5.26 Å². The van der Waals surface area contributed by atoms with E-state index in [-0.39, 0.29) is 18.0 Å². The van der Waals surface area contributed by atoms with E-state index in [1.807, 2.05) is 49.7 Å². The van der Waals surface area contributed by atoms with E-state index in [9.17, 15) is 4.79 Å². The molecule has 1 amide bonds. The third-order valence-corrected chi connectivity index (χ3v) is 3.61. The number of carbonyl (C=O) groups excluding carboxylic acids is 1. The Morgan fingerprint density at radius 1 is 1.40 bits per heavy atom. The van der Waals surface area contributed by atoms with Gasteiger partial charge in [-0.15, -0.1) is 0 Å². The van der Waals surface area contributed by atoms with Crippen LogP contribution in [0.1, 0.15) is 32.8 Å². The number of nitrogens with one attached hydrogen (secondary N) is 1. The molecule has 104 valence electrons. The summed E-state index contributed by atoms with van der Waals surface area (Å²) in [6.07, 6.45) is 2.73. The smallest absolute Gasteiger partial charge is 0.240 e. The minimum atomic E-state index is -0.197. The Balaban J connectivity index is 2.23. The highest BCUT2D eigenvalue weighted by Crippen LogP contribution is 2.19. The van der Waals surface area contributed by atoms with Crippen LogP contribution in [0.2, 0.25) is 0 Å². The molecule has 0 aliphatic carbocycles. The maximum atomic E-state index is 12.1. The van der Waals surface area contributed by atoms with Crippen LogP contribution in [0, 0.1) is 11.3 Å². The van der Waals surface area contributed by atoms with Crippen molar-refractivity contribution in [2.75, 3.05) is 0 Å². The average Bonchev–Trinajstić information content (AvgIpc) is 2.81. The molecule has 0 atom stereocenters. The maximum absolute atomic E-state index is 12.1. The molecular formula is C16H19N3O. The molecule has 1 heterocycles. The van der Waals surface area contributed by atoms with Crippen molar-refractivity contribution < 1.29 is 4.79 Å². The molecule has 0 saturated carbocycles.